The lowest BCUT2D eigenvalue weighted by Gasteiger charge is -2.37. The summed E-state index contributed by atoms with van der Waals surface area (Å²) in [6, 6.07) is 29.2. The Labute approximate surface area is 196 Å². The van der Waals surface area contributed by atoms with Crippen molar-refractivity contribution in [2.24, 2.45) is 5.41 Å². The third-order valence-corrected chi connectivity index (χ3v) is 5.61. The number of nitrogens with zero attached hydrogens (tertiary/aromatic N) is 1. The average Bonchev–Trinajstić information content (AvgIpc) is 2.78. The number of thiocarbonyl (C=S) groups is 1. The molecule has 0 aliphatic rings. The molecular formula is C27H31N3OS. The van der Waals surface area contributed by atoms with E-state index in [1.165, 1.54) is 0 Å². The zero-order valence-corrected chi connectivity index (χ0v) is 19.9. The number of benzene rings is 3. The Morgan fingerprint density at radius 1 is 0.812 bits per heavy atom. The third kappa shape index (κ3) is 5.95. The highest BCUT2D eigenvalue weighted by atomic mass is 32.1. The van der Waals surface area contributed by atoms with Gasteiger partial charge in [0.2, 0.25) is 5.91 Å². The van der Waals surface area contributed by atoms with Crippen LogP contribution in [0.2, 0.25) is 0 Å². The molecule has 3 rings (SSSR count). The molecule has 3 aromatic carbocycles. The second kappa shape index (κ2) is 10.4. The number of amides is 1. The van der Waals surface area contributed by atoms with E-state index in [1.807, 2.05) is 99.4 Å². The Morgan fingerprint density at radius 3 is 1.69 bits per heavy atom. The topological polar surface area (TPSA) is 44.4 Å². The summed E-state index contributed by atoms with van der Waals surface area (Å²) in [7, 11) is 1.86. The molecule has 0 radical (unpaired) electrons. The molecule has 0 bridgehead atoms. The fourth-order valence-corrected chi connectivity index (χ4v) is 3.95. The van der Waals surface area contributed by atoms with Crippen LogP contribution in [-0.2, 0) is 4.79 Å². The number of carbonyl (C=O) groups is 1. The summed E-state index contributed by atoms with van der Waals surface area (Å²) in [6.07, 6.45) is 0. The van der Waals surface area contributed by atoms with Gasteiger partial charge in [0.05, 0.1) is 6.04 Å². The van der Waals surface area contributed by atoms with Gasteiger partial charge in [0.1, 0.15) is 6.04 Å². The first-order valence-corrected chi connectivity index (χ1v) is 11.2. The average molecular weight is 446 g/mol. The van der Waals surface area contributed by atoms with Gasteiger partial charge in [-0.1, -0.05) is 99.6 Å². The largest absolute Gasteiger partial charge is 0.350 e. The van der Waals surface area contributed by atoms with Crippen molar-refractivity contribution in [1.29, 1.82) is 0 Å². The van der Waals surface area contributed by atoms with Gasteiger partial charge >= 0.3 is 0 Å². The Bertz CT molecular complexity index is 978. The van der Waals surface area contributed by atoms with E-state index in [4.69, 9.17) is 12.2 Å². The van der Waals surface area contributed by atoms with Crippen molar-refractivity contribution in [3.05, 3.63) is 102 Å². The maximum absolute atomic E-state index is 13.8. The highest BCUT2D eigenvalue weighted by Gasteiger charge is 2.36. The van der Waals surface area contributed by atoms with Gasteiger partial charge in [0.25, 0.3) is 0 Å². The molecule has 0 unspecified atom stereocenters. The van der Waals surface area contributed by atoms with Gasteiger partial charge in [0, 0.05) is 12.7 Å². The zero-order valence-electron chi connectivity index (χ0n) is 19.1. The number of likely N-dealkylation sites (N-methyl/N-ethyl adjacent to an activating group) is 1. The molecule has 0 aromatic heterocycles. The summed E-state index contributed by atoms with van der Waals surface area (Å²) in [4.78, 5) is 15.7. The summed E-state index contributed by atoms with van der Waals surface area (Å²) >= 11 is 5.55. The first-order chi connectivity index (χ1) is 15.3. The summed E-state index contributed by atoms with van der Waals surface area (Å²) in [5, 5.41) is 6.88. The van der Waals surface area contributed by atoms with Crippen molar-refractivity contribution in [2.45, 2.75) is 32.9 Å². The molecule has 0 aliphatic heterocycles. The van der Waals surface area contributed by atoms with E-state index in [-0.39, 0.29) is 17.4 Å². The lowest BCUT2D eigenvalue weighted by Crippen LogP contribution is -2.55. The molecule has 0 saturated carbocycles. The highest BCUT2D eigenvalue weighted by molar-refractivity contribution is 7.80. The van der Waals surface area contributed by atoms with Gasteiger partial charge in [-0.15, -0.1) is 0 Å². The molecule has 0 heterocycles. The van der Waals surface area contributed by atoms with Gasteiger partial charge in [0.15, 0.2) is 5.11 Å². The zero-order chi connectivity index (χ0) is 23.1. The second-order valence-electron chi connectivity index (χ2n) is 8.94. The lowest BCUT2D eigenvalue weighted by molar-refractivity contribution is -0.135. The third-order valence-electron chi connectivity index (χ3n) is 5.39. The standard InChI is InChI=1S/C27H31N3OS/c1-27(2,3)24(29-26(32)28-22-18-12-7-13-19-22)25(31)30(4)23(20-14-8-5-9-15-20)21-16-10-6-11-17-21/h5-19,23-24H,1-4H3,(H2,28,29,32)/t24-/m0/s1. The van der Waals surface area contributed by atoms with Crippen molar-refractivity contribution >= 4 is 28.9 Å². The first-order valence-electron chi connectivity index (χ1n) is 10.8. The van der Waals surface area contributed by atoms with Crippen molar-refractivity contribution < 1.29 is 4.79 Å². The smallest absolute Gasteiger partial charge is 0.246 e. The van der Waals surface area contributed by atoms with E-state index in [9.17, 15) is 4.79 Å². The van der Waals surface area contributed by atoms with Crippen LogP contribution in [0, 0.1) is 5.41 Å². The van der Waals surface area contributed by atoms with E-state index in [0.717, 1.165) is 16.8 Å². The number of para-hydroxylation sites is 1. The fourth-order valence-electron chi connectivity index (χ4n) is 3.71. The van der Waals surface area contributed by atoms with E-state index in [1.54, 1.807) is 0 Å². The molecule has 3 aromatic rings. The van der Waals surface area contributed by atoms with Gasteiger partial charge < -0.3 is 15.5 Å². The molecule has 0 spiro atoms. The molecular weight excluding hydrogens is 414 g/mol. The molecule has 4 nitrogen and oxygen atoms in total. The first kappa shape index (κ1) is 23.5. The number of hydrogen-bond donors (Lipinski definition) is 2. The van der Waals surface area contributed by atoms with Gasteiger partial charge in [-0.2, -0.15) is 0 Å². The molecule has 1 amide bonds. The molecule has 0 saturated heterocycles. The van der Waals surface area contributed by atoms with Gasteiger partial charge in [-0.3, -0.25) is 4.79 Å². The number of carbonyl (C=O) groups excluding carboxylic acids is 1. The van der Waals surface area contributed by atoms with Crippen molar-refractivity contribution in [1.82, 2.24) is 10.2 Å². The lowest BCUT2D eigenvalue weighted by atomic mass is 9.85. The van der Waals surface area contributed by atoms with Crippen LogP contribution in [0.3, 0.4) is 0 Å². The normalized spacial score (nSPS) is 12.2. The predicted octanol–water partition coefficient (Wildman–Crippen LogP) is 5.64. The fraction of sp³-hybridized carbons (Fsp3) is 0.259. The van der Waals surface area contributed by atoms with Crippen LogP contribution >= 0.6 is 12.2 Å². The second-order valence-corrected chi connectivity index (χ2v) is 9.34. The Hall–Kier alpha value is -3.18. The molecule has 166 valence electrons. The number of nitrogens with one attached hydrogen (secondary N) is 2. The summed E-state index contributed by atoms with van der Waals surface area (Å²) < 4.78 is 0. The van der Waals surface area contributed by atoms with Crippen molar-refractivity contribution in [3.8, 4) is 0 Å². The van der Waals surface area contributed by atoms with E-state index < -0.39 is 6.04 Å². The highest BCUT2D eigenvalue weighted by Crippen LogP contribution is 2.30. The molecule has 2 N–H and O–H groups in total. The van der Waals surface area contributed by atoms with Crippen LogP contribution in [0.15, 0.2) is 91.0 Å². The van der Waals surface area contributed by atoms with Crippen molar-refractivity contribution in [3.63, 3.8) is 0 Å². The van der Waals surface area contributed by atoms with Crippen LogP contribution < -0.4 is 10.6 Å². The number of hydrogen-bond acceptors (Lipinski definition) is 2. The molecule has 1 atom stereocenters. The molecule has 5 heteroatoms. The van der Waals surface area contributed by atoms with Crippen LogP contribution in [-0.4, -0.2) is 29.0 Å². The van der Waals surface area contributed by atoms with E-state index in [2.05, 4.69) is 34.9 Å². The van der Waals surface area contributed by atoms with Crippen LogP contribution in [0.25, 0.3) is 0 Å². The monoisotopic (exact) mass is 445 g/mol. The SMILES string of the molecule is CN(C(=O)[C@H](NC(=S)Nc1ccccc1)C(C)(C)C)C(c1ccccc1)c1ccccc1. The van der Waals surface area contributed by atoms with Crippen LogP contribution in [0.4, 0.5) is 5.69 Å². The van der Waals surface area contributed by atoms with Gasteiger partial charge in [-0.05, 0) is 40.9 Å². The van der Waals surface area contributed by atoms with Crippen LogP contribution in [0.1, 0.15) is 37.9 Å². The van der Waals surface area contributed by atoms with E-state index >= 15 is 0 Å². The molecule has 0 fully saturated rings. The Balaban J connectivity index is 1.87. The Kier molecular flexibility index (Phi) is 7.65. The maximum Gasteiger partial charge on any atom is 0.246 e. The summed E-state index contributed by atoms with van der Waals surface area (Å²) in [5.41, 5.74) is 2.65. The van der Waals surface area contributed by atoms with Crippen molar-refractivity contribution in [2.75, 3.05) is 12.4 Å². The summed E-state index contributed by atoms with van der Waals surface area (Å²) in [5.74, 6) is -0.0209. The quantitative estimate of drug-likeness (QED) is 0.482. The predicted molar refractivity (Wildman–Crippen MR) is 137 cm³/mol. The Morgan fingerprint density at radius 2 is 1.25 bits per heavy atom. The van der Waals surface area contributed by atoms with Gasteiger partial charge in [-0.25, -0.2) is 0 Å². The summed E-state index contributed by atoms with van der Waals surface area (Å²) in [6.45, 7) is 6.13. The molecule has 32 heavy (non-hydrogen) atoms. The minimum atomic E-state index is -0.508. The number of anilines is 1. The maximum atomic E-state index is 13.8. The minimum Gasteiger partial charge on any atom is -0.350 e. The number of rotatable bonds is 6. The van der Waals surface area contributed by atoms with E-state index in [0.29, 0.717) is 5.11 Å². The van der Waals surface area contributed by atoms with Crippen LogP contribution in [0.5, 0.6) is 0 Å². The minimum absolute atomic E-state index is 0.0209. The molecule has 0 aliphatic carbocycles.